The van der Waals surface area contributed by atoms with E-state index in [-0.39, 0.29) is 6.10 Å². The van der Waals surface area contributed by atoms with Crippen molar-refractivity contribution in [3.05, 3.63) is 33.9 Å². The van der Waals surface area contributed by atoms with Crippen molar-refractivity contribution in [1.82, 2.24) is 0 Å². The zero-order valence-electron chi connectivity index (χ0n) is 10.2. The summed E-state index contributed by atoms with van der Waals surface area (Å²) in [7, 11) is 0. The Morgan fingerprint density at radius 3 is 2.89 bits per heavy atom. The first-order chi connectivity index (χ1) is 9.09. The molecule has 0 saturated carbocycles. The van der Waals surface area contributed by atoms with Crippen LogP contribution in [-0.4, -0.2) is 24.2 Å². The van der Waals surface area contributed by atoms with Gasteiger partial charge in [0.15, 0.2) is 17.3 Å². The lowest BCUT2D eigenvalue weighted by Crippen LogP contribution is -2.14. The van der Waals surface area contributed by atoms with Crippen LogP contribution in [-0.2, 0) is 4.74 Å². The molecule has 2 rings (SSSR count). The molecule has 0 amide bonds. The molecule has 0 bridgehead atoms. The van der Waals surface area contributed by atoms with E-state index in [1.165, 1.54) is 0 Å². The largest absolute Gasteiger partial charge is 0.378 e. The molecule has 7 heteroatoms. The zero-order chi connectivity index (χ0) is 13.8. The van der Waals surface area contributed by atoms with Crippen LogP contribution in [0.2, 0.25) is 0 Å². The minimum absolute atomic E-state index is 0.0863. The Morgan fingerprint density at radius 2 is 2.26 bits per heavy atom. The molecule has 1 heterocycles. The minimum atomic E-state index is -1.22. The van der Waals surface area contributed by atoms with Gasteiger partial charge in [-0.1, -0.05) is 0 Å². The summed E-state index contributed by atoms with van der Waals surface area (Å²) in [4.78, 5) is 10.0. The van der Waals surface area contributed by atoms with Crippen molar-refractivity contribution in [3.8, 4) is 0 Å². The number of nitrogens with zero attached hydrogens (tertiary/aromatic N) is 1. The third kappa shape index (κ3) is 3.17. The first kappa shape index (κ1) is 13.7. The molecule has 1 fully saturated rings. The maximum absolute atomic E-state index is 13.5. The second-order valence-electron chi connectivity index (χ2n) is 4.36. The van der Waals surface area contributed by atoms with Gasteiger partial charge in [-0.3, -0.25) is 10.1 Å². The van der Waals surface area contributed by atoms with Gasteiger partial charge in [-0.25, -0.2) is 8.78 Å². The lowest BCUT2D eigenvalue weighted by atomic mass is 10.2. The molecule has 1 atom stereocenters. The Kier molecular flexibility index (Phi) is 4.26. The van der Waals surface area contributed by atoms with Crippen molar-refractivity contribution < 1.29 is 18.4 Å². The summed E-state index contributed by atoms with van der Waals surface area (Å²) >= 11 is 0. The van der Waals surface area contributed by atoms with Crippen molar-refractivity contribution in [2.75, 3.05) is 18.5 Å². The van der Waals surface area contributed by atoms with Crippen LogP contribution >= 0.6 is 0 Å². The highest BCUT2D eigenvalue weighted by molar-refractivity contribution is 5.62. The predicted octanol–water partition coefficient (Wildman–Crippen LogP) is 2.85. The lowest BCUT2D eigenvalue weighted by molar-refractivity contribution is -0.384. The van der Waals surface area contributed by atoms with Gasteiger partial charge in [0.2, 0.25) is 0 Å². The van der Waals surface area contributed by atoms with Crippen molar-refractivity contribution in [1.29, 1.82) is 0 Å². The van der Waals surface area contributed by atoms with E-state index in [9.17, 15) is 18.9 Å². The summed E-state index contributed by atoms with van der Waals surface area (Å²) in [5, 5.41) is 13.4. The van der Waals surface area contributed by atoms with Crippen molar-refractivity contribution in [3.63, 3.8) is 0 Å². The van der Waals surface area contributed by atoms with E-state index >= 15 is 0 Å². The van der Waals surface area contributed by atoms with Crippen LogP contribution in [0.25, 0.3) is 0 Å². The topological polar surface area (TPSA) is 64.4 Å². The molecule has 1 aromatic carbocycles. The Balaban J connectivity index is 2.05. The van der Waals surface area contributed by atoms with Gasteiger partial charge in [-0.15, -0.1) is 0 Å². The first-order valence-corrected chi connectivity index (χ1v) is 6.07. The molecule has 1 aliphatic heterocycles. The SMILES string of the molecule is O=[N+]([O-])c1ccc(F)c(F)c1NCCC1CCCO1. The first-order valence-electron chi connectivity index (χ1n) is 6.07. The summed E-state index contributed by atoms with van der Waals surface area (Å²) in [6.07, 6.45) is 2.60. The molecule has 0 radical (unpaired) electrons. The Labute approximate surface area is 108 Å². The van der Waals surface area contributed by atoms with Gasteiger partial charge in [-0.2, -0.15) is 0 Å². The molecule has 0 aromatic heterocycles. The highest BCUT2D eigenvalue weighted by atomic mass is 19.2. The molecule has 19 heavy (non-hydrogen) atoms. The van der Waals surface area contributed by atoms with Gasteiger partial charge in [0.05, 0.1) is 11.0 Å². The molecule has 1 aromatic rings. The molecule has 0 spiro atoms. The molecular formula is C12H14F2N2O3. The number of anilines is 1. The molecular weight excluding hydrogens is 258 g/mol. The molecule has 5 nitrogen and oxygen atoms in total. The molecule has 1 unspecified atom stereocenters. The third-order valence-electron chi connectivity index (χ3n) is 3.06. The van der Waals surface area contributed by atoms with E-state index < -0.39 is 27.9 Å². The van der Waals surface area contributed by atoms with Crippen LogP contribution in [0, 0.1) is 21.7 Å². The van der Waals surface area contributed by atoms with Crippen LogP contribution in [0.15, 0.2) is 12.1 Å². The molecule has 1 aliphatic rings. The van der Waals surface area contributed by atoms with E-state index in [1.807, 2.05) is 0 Å². The highest BCUT2D eigenvalue weighted by Gasteiger charge is 2.22. The van der Waals surface area contributed by atoms with E-state index in [0.717, 1.165) is 25.0 Å². The molecule has 0 aliphatic carbocycles. The average molecular weight is 272 g/mol. The van der Waals surface area contributed by atoms with Crippen molar-refractivity contribution in [2.24, 2.45) is 0 Å². The number of nitro groups is 1. The van der Waals surface area contributed by atoms with Crippen LogP contribution in [0.5, 0.6) is 0 Å². The van der Waals surface area contributed by atoms with Crippen LogP contribution in [0.3, 0.4) is 0 Å². The fraction of sp³-hybridized carbons (Fsp3) is 0.500. The second kappa shape index (κ2) is 5.92. The van der Waals surface area contributed by atoms with E-state index in [0.29, 0.717) is 19.6 Å². The molecule has 1 N–H and O–H groups in total. The number of hydrogen-bond acceptors (Lipinski definition) is 4. The summed E-state index contributed by atoms with van der Waals surface area (Å²) < 4.78 is 32.0. The van der Waals surface area contributed by atoms with Gasteiger partial charge in [0.25, 0.3) is 5.69 Å². The van der Waals surface area contributed by atoms with Gasteiger partial charge in [-0.05, 0) is 25.3 Å². The maximum Gasteiger partial charge on any atom is 0.295 e. The summed E-state index contributed by atoms with van der Waals surface area (Å²) in [6.45, 7) is 1.00. The Bertz CT molecular complexity index is 476. The monoisotopic (exact) mass is 272 g/mol. The van der Waals surface area contributed by atoms with Gasteiger partial charge in [0.1, 0.15) is 0 Å². The van der Waals surface area contributed by atoms with Crippen LogP contribution < -0.4 is 5.32 Å². The number of ether oxygens (including phenoxy) is 1. The fourth-order valence-corrected chi connectivity index (χ4v) is 2.09. The average Bonchev–Trinajstić information content (AvgIpc) is 2.87. The minimum Gasteiger partial charge on any atom is -0.378 e. The van der Waals surface area contributed by atoms with E-state index in [1.54, 1.807) is 0 Å². The predicted molar refractivity (Wildman–Crippen MR) is 65.1 cm³/mol. The normalized spacial score (nSPS) is 18.5. The number of hydrogen-bond donors (Lipinski definition) is 1. The molecule has 104 valence electrons. The Morgan fingerprint density at radius 1 is 1.47 bits per heavy atom. The summed E-state index contributed by atoms with van der Waals surface area (Å²) in [5.41, 5.74) is -0.866. The third-order valence-corrected chi connectivity index (χ3v) is 3.06. The van der Waals surface area contributed by atoms with Crippen LogP contribution in [0.1, 0.15) is 19.3 Å². The standard InChI is InChI=1S/C12H14F2N2O3/c13-9-3-4-10(16(17)18)12(11(9)14)15-6-5-8-2-1-7-19-8/h3-4,8,15H,1-2,5-7H2. The number of benzene rings is 1. The highest BCUT2D eigenvalue weighted by Crippen LogP contribution is 2.29. The van der Waals surface area contributed by atoms with E-state index in [4.69, 9.17) is 4.74 Å². The number of nitrogens with one attached hydrogen (secondary N) is 1. The van der Waals surface area contributed by atoms with Gasteiger partial charge >= 0.3 is 0 Å². The van der Waals surface area contributed by atoms with Crippen molar-refractivity contribution in [2.45, 2.75) is 25.4 Å². The zero-order valence-corrected chi connectivity index (χ0v) is 10.2. The quantitative estimate of drug-likeness (QED) is 0.661. The van der Waals surface area contributed by atoms with Crippen LogP contribution in [0.4, 0.5) is 20.2 Å². The van der Waals surface area contributed by atoms with Gasteiger partial charge in [0, 0.05) is 19.2 Å². The molecule has 1 saturated heterocycles. The Hall–Kier alpha value is -1.76. The number of halogens is 2. The summed E-state index contributed by atoms with van der Waals surface area (Å²) in [5.74, 6) is -2.33. The summed E-state index contributed by atoms with van der Waals surface area (Å²) in [6, 6.07) is 1.70. The smallest absolute Gasteiger partial charge is 0.295 e. The van der Waals surface area contributed by atoms with Gasteiger partial charge < -0.3 is 10.1 Å². The maximum atomic E-state index is 13.5. The lowest BCUT2D eigenvalue weighted by Gasteiger charge is -2.11. The second-order valence-corrected chi connectivity index (χ2v) is 4.36. The number of rotatable bonds is 5. The fourth-order valence-electron chi connectivity index (χ4n) is 2.09. The number of nitro benzene ring substituents is 1. The van der Waals surface area contributed by atoms with E-state index in [2.05, 4.69) is 5.32 Å². The van der Waals surface area contributed by atoms with Crippen molar-refractivity contribution >= 4 is 11.4 Å².